The molecular formula is C15H15N3O. The summed E-state index contributed by atoms with van der Waals surface area (Å²) in [6.45, 7) is 1.02. The monoisotopic (exact) mass is 253 g/mol. The minimum Gasteiger partial charge on any atom is -0.374 e. The van der Waals surface area contributed by atoms with E-state index in [0.717, 1.165) is 23.5 Å². The zero-order valence-corrected chi connectivity index (χ0v) is 10.5. The highest BCUT2D eigenvalue weighted by Gasteiger charge is 2.22. The number of fused-ring (bicyclic) bond motifs is 1. The summed E-state index contributed by atoms with van der Waals surface area (Å²) in [6.07, 6.45) is 2.55. The molecule has 0 spiro atoms. The average molecular weight is 253 g/mol. The second-order valence-electron chi connectivity index (χ2n) is 4.49. The van der Waals surface area contributed by atoms with Crippen molar-refractivity contribution in [2.24, 2.45) is 0 Å². The molecule has 0 unspecified atom stereocenters. The number of rotatable bonds is 3. The van der Waals surface area contributed by atoms with Gasteiger partial charge in [-0.15, -0.1) is 0 Å². The number of amides is 1. The van der Waals surface area contributed by atoms with Crippen LogP contribution in [0.3, 0.4) is 0 Å². The van der Waals surface area contributed by atoms with Gasteiger partial charge in [-0.25, -0.2) is 0 Å². The maximum atomic E-state index is 12.0. The lowest BCUT2D eigenvalue weighted by Gasteiger charge is -2.30. The van der Waals surface area contributed by atoms with Crippen LogP contribution < -0.4 is 10.2 Å². The molecule has 2 aromatic rings. The number of pyridine rings is 1. The Morgan fingerprint density at radius 3 is 2.84 bits per heavy atom. The minimum atomic E-state index is 0.106. The molecule has 2 heterocycles. The molecule has 1 aliphatic heterocycles. The van der Waals surface area contributed by atoms with E-state index in [9.17, 15) is 4.79 Å². The lowest BCUT2D eigenvalue weighted by molar-refractivity contribution is -0.117. The molecule has 1 aromatic heterocycles. The third-order valence-corrected chi connectivity index (χ3v) is 3.24. The summed E-state index contributed by atoms with van der Waals surface area (Å²) >= 11 is 0. The Hall–Kier alpha value is -2.36. The van der Waals surface area contributed by atoms with Gasteiger partial charge in [0.2, 0.25) is 5.91 Å². The zero-order valence-electron chi connectivity index (χ0n) is 10.5. The molecule has 4 heteroatoms. The molecule has 0 saturated heterocycles. The van der Waals surface area contributed by atoms with Gasteiger partial charge in [-0.1, -0.05) is 18.2 Å². The molecule has 1 amide bonds. The number of carbonyl (C=O) groups is 1. The fraction of sp³-hybridized carbons (Fsp3) is 0.200. The van der Waals surface area contributed by atoms with Crippen LogP contribution in [0.5, 0.6) is 0 Å². The Morgan fingerprint density at radius 1 is 1.16 bits per heavy atom. The summed E-state index contributed by atoms with van der Waals surface area (Å²) in [4.78, 5) is 18.1. The molecule has 0 saturated carbocycles. The Labute approximate surface area is 112 Å². The normalized spacial score (nSPS) is 13.9. The average Bonchev–Trinajstić information content (AvgIpc) is 2.47. The number of aromatic nitrogens is 1. The van der Waals surface area contributed by atoms with Crippen LogP contribution in [0.4, 0.5) is 11.4 Å². The van der Waals surface area contributed by atoms with Crippen LogP contribution in [0.15, 0.2) is 48.7 Å². The molecule has 0 radical (unpaired) electrons. The van der Waals surface area contributed by atoms with E-state index >= 15 is 0 Å². The molecule has 4 nitrogen and oxygen atoms in total. The quantitative estimate of drug-likeness (QED) is 0.911. The summed E-state index contributed by atoms with van der Waals surface area (Å²) in [6, 6.07) is 13.7. The number of nitrogens with one attached hydrogen (secondary N) is 1. The van der Waals surface area contributed by atoms with Gasteiger partial charge in [-0.05, 0) is 24.3 Å². The van der Waals surface area contributed by atoms with E-state index in [1.807, 2.05) is 47.4 Å². The van der Waals surface area contributed by atoms with Gasteiger partial charge in [-0.2, -0.15) is 0 Å². The molecule has 0 aliphatic carbocycles. The number of anilines is 2. The Kier molecular flexibility index (Phi) is 3.14. The number of carbonyl (C=O) groups excluding carboxylic acids is 1. The van der Waals surface area contributed by atoms with E-state index in [0.29, 0.717) is 13.1 Å². The maximum absolute atomic E-state index is 12.0. The SMILES string of the molecule is O=C1CNc2ccccc2N1CCc1ccccn1. The smallest absolute Gasteiger partial charge is 0.246 e. The van der Waals surface area contributed by atoms with Crippen molar-refractivity contribution in [3.63, 3.8) is 0 Å². The lowest BCUT2D eigenvalue weighted by Crippen LogP contribution is -2.41. The van der Waals surface area contributed by atoms with Crippen molar-refractivity contribution in [2.75, 3.05) is 23.3 Å². The summed E-state index contributed by atoms with van der Waals surface area (Å²) in [5.74, 6) is 0.106. The van der Waals surface area contributed by atoms with E-state index in [4.69, 9.17) is 0 Å². The molecule has 3 rings (SSSR count). The number of nitrogens with zero attached hydrogens (tertiary/aromatic N) is 2. The molecule has 96 valence electrons. The highest BCUT2D eigenvalue weighted by Crippen LogP contribution is 2.28. The van der Waals surface area contributed by atoms with E-state index in [1.54, 1.807) is 6.20 Å². The molecule has 0 bridgehead atoms. The Morgan fingerprint density at radius 2 is 2.00 bits per heavy atom. The van der Waals surface area contributed by atoms with Gasteiger partial charge in [0, 0.05) is 24.9 Å². The van der Waals surface area contributed by atoms with Gasteiger partial charge in [0.15, 0.2) is 0 Å². The standard InChI is InChI=1S/C15H15N3O/c19-15-11-17-13-6-1-2-7-14(13)18(15)10-8-12-5-3-4-9-16-12/h1-7,9,17H,8,10-11H2. The van der Waals surface area contributed by atoms with Crippen LogP contribution in [0.1, 0.15) is 5.69 Å². The summed E-state index contributed by atoms with van der Waals surface area (Å²) in [5.41, 5.74) is 2.98. The predicted molar refractivity (Wildman–Crippen MR) is 75.2 cm³/mol. The van der Waals surface area contributed by atoms with Gasteiger partial charge in [0.25, 0.3) is 0 Å². The van der Waals surface area contributed by atoms with Crippen molar-refractivity contribution < 1.29 is 4.79 Å². The summed E-state index contributed by atoms with van der Waals surface area (Å²) < 4.78 is 0. The maximum Gasteiger partial charge on any atom is 0.246 e. The fourth-order valence-electron chi connectivity index (χ4n) is 2.28. The van der Waals surface area contributed by atoms with Crippen LogP contribution in [-0.2, 0) is 11.2 Å². The topological polar surface area (TPSA) is 45.2 Å². The Balaban J connectivity index is 1.79. The van der Waals surface area contributed by atoms with Gasteiger partial charge in [-0.3, -0.25) is 9.78 Å². The van der Waals surface area contributed by atoms with E-state index in [-0.39, 0.29) is 5.91 Å². The molecular weight excluding hydrogens is 238 g/mol. The van der Waals surface area contributed by atoms with Gasteiger partial charge in [0.05, 0.1) is 17.9 Å². The third kappa shape index (κ3) is 2.42. The Bertz CT molecular complexity index is 583. The molecule has 1 aliphatic rings. The van der Waals surface area contributed by atoms with Crippen LogP contribution in [-0.4, -0.2) is 24.0 Å². The second-order valence-corrected chi connectivity index (χ2v) is 4.49. The second kappa shape index (κ2) is 5.10. The minimum absolute atomic E-state index is 0.106. The first-order valence-corrected chi connectivity index (χ1v) is 6.38. The fourth-order valence-corrected chi connectivity index (χ4v) is 2.28. The van der Waals surface area contributed by atoms with Crippen molar-refractivity contribution in [2.45, 2.75) is 6.42 Å². The lowest BCUT2D eigenvalue weighted by atomic mass is 10.1. The van der Waals surface area contributed by atoms with Gasteiger partial charge >= 0.3 is 0 Å². The van der Waals surface area contributed by atoms with Crippen molar-refractivity contribution in [1.82, 2.24) is 4.98 Å². The zero-order chi connectivity index (χ0) is 13.1. The molecule has 1 N–H and O–H groups in total. The van der Waals surface area contributed by atoms with E-state index in [2.05, 4.69) is 10.3 Å². The first-order valence-electron chi connectivity index (χ1n) is 6.38. The number of benzene rings is 1. The van der Waals surface area contributed by atoms with E-state index < -0.39 is 0 Å². The number of para-hydroxylation sites is 2. The first-order chi connectivity index (χ1) is 9.34. The largest absolute Gasteiger partial charge is 0.374 e. The van der Waals surface area contributed by atoms with Crippen molar-refractivity contribution >= 4 is 17.3 Å². The van der Waals surface area contributed by atoms with Crippen LogP contribution in [0, 0.1) is 0 Å². The number of hydrogen-bond donors (Lipinski definition) is 1. The molecule has 0 atom stereocenters. The first kappa shape index (κ1) is 11.7. The van der Waals surface area contributed by atoms with Crippen molar-refractivity contribution in [3.8, 4) is 0 Å². The third-order valence-electron chi connectivity index (χ3n) is 3.24. The molecule has 1 aromatic carbocycles. The summed E-state index contributed by atoms with van der Waals surface area (Å²) in [5, 5.41) is 3.13. The van der Waals surface area contributed by atoms with Crippen molar-refractivity contribution in [1.29, 1.82) is 0 Å². The van der Waals surface area contributed by atoms with Crippen LogP contribution in [0.25, 0.3) is 0 Å². The van der Waals surface area contributed by atoms with E-state index in [1.165, 1.54) is 0 Å². The predicted octanol–water partition coefficient (Wildman–Crippen LogP) is 2.08. The van der Waals surface area contributed by atoms with Crippen LogP contribution in [0.2, 0.25) is 0 Å². The number of hydrogen-bond acceptors (Lipinski definition) is 3. The molecule has 0 fully saturated rings. The molecule has 19 heavy (non-hydrogen) atoms. The van der Waals surface area contributed by atoms with Gasteiger partial charge in [0.1, 0.15) is 0 Å². The summed E-state index contributed by atoms with van der Waals surface area (Å²) in [7, 11) is 0. The van der Waals surface area contributed by atoms with Gasteiger partial charge < -0.3 is 10.2 Å². The van der Waals surface area contributed by atoms with Crippen LogP contribution >= 0.6 is 0 Å². The van der Waals surface area contributed by atoms with Crippen molar-refractivity contribution in [3.05, 3.63) is 54.4 Å². The highest BCUT2D eigenvalue weighted by molar-refractivity contribution is 6.02. The highest BCUT2D eigenvalue weighted by atomic mass is 16.2.